The Hall–Kier alpha value is -2.07. The van der Waals surface area contributed by atoms with E-state index in [4.69, 9.17) is 9.84 Å². The van der Waals surface area contributed by atoms with Crippen LogP contribution in [0.1, 0.15) is 18.1 Å². The van der Waals surface area contributed by atoms with Crippen LogP contribution in [0.15, 0.2) is 42.6 Å². The van der Waals surface area contributed by atoms with Crippen LogP contribution in [0.25, 0.3) is 0 Å². The zero-order chi connectivity index (χ0) is 13.5. The number of hydrogen-bond donors (Lipinski definition) is 2. The zero-order valence-corrected chi connectivity index (χ0v) is 11.0. The van der Waals surface area contributed by atoms with Gasteiger partial charge in [-0.05, 0) is 30.2 Å². The number of aliphatic hydroxyl groups is 1. The highest BCUT2D eigenvalue weighted by atomic mass is 16.5. The molecule has 0 radical (unpaired) electrons. The first-order valence-electron chi connectivity index (χ1n) is 6.34. The second-order valence-electron chi connectivity index (χ2n) is 4.11. The van der Waals surface area contributed by atoms with Gasteiger partial charge in [-0.15, -0.1) is 0 Å². The third-order valence-electron chi connectivity index (χ3n) is 2.74. The molecule has 4 nitrogen and oxygen atoms in total. The molecule has 1 aromatic heterocycles. The van der Waals surface area contributed by atoms with Crippen molar-refractivity contribution >= 4 is 5.82 Å². The minimum Gasteiger partial charge on any atom is -0.490 e. The number of ether oxygens (including phenoxy) is 1. The van der Waals surface area contributed by atoms with E-state index in [0.717, 1.165) is 22.7 Å². The lowest BCUT2D eigenvalue weighted by Gasteiger charge is -2.11. The second-order valence-corrected chi connectivity index (χ2v) is 4.11. The van der Waals surface area contributed by atoms with Crippen LogP contribution in [0.4, 0.5) is 5.82 Å². The predicted octanol–water partition coefficient (Wildman–Crippen LogP) is 2.58. The highest BCUT2D eigenvalue weighted by Crippen LogP contribution is 2.21. The third kappa shape index (κ3) is 3.69. The van der Waals surface area contributed by atoms with Gasteiger partial charge in [-0.25, -0.2) is 4.98 Å². The van der Waals surface area contributed by atoms with Gasteiger partial charge in [-0.1, -0.05) is 24.3 Å². The second kappa shape index (κ2) is 6.75. The molecule has 1 heterocycles. The molecule has 4 heteroatoms. The first kappa shape index (κ1) is 13.4. The van der Waals surface area contributed by atoms with Crippen molar-refractivity contribution in [3.05, 3.63) is 53.7 Å². The van der Waals surface area contributed by atoms with Gasteiger partial charge in [0.2, 0.25) is 0 Å². The molecule has 0 unspecified atom stereocenters. The van der Waals surface area contributed by atoms with Gasteiger partial charge >= 0.3 is 0 Å². The molecule has 0 amide bonds. The Morgan fingerprint density at radius 3 is 2.58 bits per heavy atom. The van der Waals surface area contributed by atoms with Gasteiger partial charge in [0.05, 0.1) is 13.2 Å². The van der Waals surface area contributed by atoms with Crippen molar-refractivity contribution in [2.24, 2.45) is 0 Å². The number of nitrogens with zero attached hydrogens (tertiary/aromatic N) is 1. The van der Waals surface area contributed by atoms with Crippen molar-refractivity contribution < 1.29 is 9.84 Å². The zero-order valence-electron chi connectivity index (χ0n) is 11.0. The van der Waals surface area contributed by atoms with E-state index >= 15 is 0 Å². The van der Waals surface area contributed by atoms with E-state index < -0.39 is 0 Å². The largest absolute Gasteiger partial charge is 0.490 e. The summed E-state index contributed by atoms with van der Waals surface area (Å²) in [5, 5.41) is 12.2. The van der Waals surface area contributed by atoms with Gasteiger partial charge in [-0.2, -0.15) is 0 Å². The summed E-state index contributed by atoms with van der Waals surface area (Å²) in [5.41, 5.74) is 2.04. The molecule has 0 spiro atoms. The Balaban J connectivity index is 2.01. The Bertz CT molecular complexity index is 512. The van der Waals surface area contributed by atoms with Crippen LogP contribution in [-0.4, -0.2) is 16.7 Å². The van der Waals surface area contributed by atoms with E-state index in [1.54, 1.807) is 6.20 Å². The summed E-state index contributed by atoms with van der Waals surface area (Å²) >= 11 is 0. The lowest BCUT2D eigenvalue weighted by atomic mass is 10.1. The molecule has 0 saturated heterocycles. The minimum atomic E-state index is 0.0719. The van der Waals surface area contributed by atoms with Crippen LogP contribution in [0.2, 0.25) is 0 Å². The van der Waals surface area contributed by atoms with Crippen LogP contribution < -0.4 is 10.1 Å². The lowest BCUT2D eigenvalue weighted by molar-refractivity contribution is 0.282. The maximum absolute atomic E-state index is 8.99. The molecule has 0 aliphatic rings. The molecule has 100 valence electrons. The molecule has 0 atom stereocenters. The molecule has 0 bridgehead atoms. The molecule has 2 N–H and O–H groups in total. The lowest BCUT2D eigenvalue weighted by Crippen LogP contribution is -2.04. The van der Waals surface area contributed by atoms with Crippen molar-refractivity contribution in [3.8, 4) is 5.75 Å². The van der Waals surface area contributed by atoms with Crippen molar-refractivity contribution in [1.29, 1.82) is 0 Å². The maximum atomic E-state index is 8.99. The molecule has 0 aliphatic heterocycles. The number of anilines is 1. The van der Waals surface area contributed by atoms with E-state index in [-0.39, 0.29) is 6.61 Å². The van der Waals surface area contributed by atoms with Crippen LogP contribution >= 0.6 is 0 Å². The Kier molecular flexibility index (Phi) is 4.75. The van der Waals surface area contributed by atoms with Crippen molar-refractivity contribution in [3.63, 3.8) is 0 Å². The van der Waals surface area contributed by atoms with Crippen molar-refractivity contribution in [2.75, 3.05) is 11.9 Å². The molecule has 2 rings (SSSR count). The standard InChI is InChI=1S/C15H18N2O2/c1-2-19-14-4-3-9-16-15(14)17-10-12-5-7-13(11-18)8-6-12/h3-9,18H,2,10-11H2,1H3,(H,16,17). The van der Waals surface area contributed by atoms with Gasteiger partial charge in [0.1, 0.15) is 0 Å². The number of nitrogens with one attached hydrogen (secondary N) is 1. The summed E-state index contributed by atoms with van der Waals surface area (Å²) in [6.07, 6.45) is 1.74. The predicted molar refractivity (Wildman–Crippen MR) is 75.1 cm³/mol. The minimum absolute atomic E-state index is 0.0719. The smallest absolute Gasteiger partial charge is 0.169 e. The Morgan fingerprint density at radius 2 is 1.89 bits per heavy atom. The fraction of sp³-hybridized carbons (Fsp3) is 0.267. The van der Waals surface area contributed by atoms with Crippen LogP contribution in [0.5, 0.6) is 5.75 Å². The number of hydrogen-bond acceptors (Lipinski definition) is 4. The normalized spacial score (nSPS) is 10.2. The number of rotatable bonds is 6. The monoisotopic (exact) mass is 258 g/mol. The van der Waals surface area contributed by atoms with Crippen LogP contribution in [0, 0.1) is 0 Å². The fourth-order valence-electron chi connectivity index (χ4n) is 1.74. The fourth-order valence-corrected chi connectivity index (χ4v) is 1.74. The topological polar surface area (TPSA) is 54.4 Å². The highest BCUT2D eigenvalue weighted by Gasteiger charge is 2.03. The molecule has 0 fully saturated rings. The summed E-state index contributed by atoms with van der Waals surface area (Å²) in [6, 6.07) is 11.6. The molecular weight excluding hydrogens is 240 g/mol. The van der Waals surface area contributed by atoms with E-state index in [0.29, 0.717) is 13.2 Å². The Labute approximate surface area is 113 Å². The first-order valence-corrected chi connectivity index (χ1v) is 6.34. The number of benzene rings is 1. The SMILES string of the molecule is CCOc1cccnc1NCc1ccc(CO)cc1. The summed E-state index contributed by atoms with van der Waals surface area (Å²) in [7, 11) is 0. The average molecular weight is 258 g/mol. The third-order valence-corrected chi connectivity index (χ3v) is 2.74. The molecular formula is C15H18N2O2. The van der Waals surface area contributed by atoms with Crippen molar-refractivity contribution in [2.45, 2.75) is 20.1 Å². The summed E-state index contributed by atoms with van der Waals surface area (Å²) in [5.74, 6) is 1.51. The van der Waals surface area contributed by atoms with E-state index in [1.807, 2.05) is 43.3 Å². The van der Waals surface area contributed by atoms with Gasteiger partial charge in [0.15, 0.2) is 11.6 Å². The quantitative estimate of drug-likeness (QED) is 0.836. The Morgan fingerprint density at radius 1 is 1.16 bits per heavy atom. The first-order chi connectivity index (χ1) is 9.33. The van der Waals surface area contributed by atoms with E-state index in [1.165, 1.54) is 0 Å². The molecule has 0 aliphatic carbocycles. The van der Waals surface area contributed by atoms with E-state index in [2.05, 4.69) is 10.3 Å². The molecule has 19 heavy (non-hydrogen) atoms. The average Bonchev–Trinajstić information content (AvgIpc) is 2.47. The van der Waals surface area contributed by atoms with Crippen molar-refractivity contribution in [1.82, 2.24) is 4.98 Å². The summed E-state index contributed by atoms with van der Waals surface area (Å²) in [4.78, 5) is 4.27. The van der Waals surface area contributed by atoms with Gasteiger partial charge in [-0.3, -0.25) is 0 Å². The van der Waals surface area contributed by atoms with Gasteiger partial charge in [0, 0.05) is 12.7 Å². The molecule has 0 saturated carbocycles. The maximum Gasteiger partial charge on any atom is 0.169 e. The summed E-state index contributed by atoms with van der Waals surface area (Å²) in [6.45, 7) is 3.31. The molecule has 2 aromatic rings. The van der Waals surface area contributed by atoms with Gasteiger partial charge in [0.25, 0.3) is 0 Å². The highest BCUT2D eigenvalue weighted by molar-refractivity contribution is 5.49. The number of pyridine rings is 1. The van der Waals surface area contributed by atoms with Crippen LogP contribution in [-0.2, 0) is 13.2 Å². The van der Waals surface area contributed by atoms with Gasteiger partial charge < -0.3 is 15.2 Å². The summed E-state index contributed by atoms with van der Waals surface area (Å²) < 4.78 is 5.50. The van der Waals surface area contributed by atoms with Crippen LogP contribution in [0.3, 0.4) is 0 Å². The number of aromatic nitrogens is 1. The molecule has 1 aromatic carbocycles. The van der Waals surface area contributed by atoms with E-state index in [9.17, 15) is 0 Å². The number of aliphatic hydroxyl groups excluding tert-OH is 1.